The fourth-order valence-corrected chi connectivity index (χ4v) is 3.83. The molecule has 8 nitrogen and oxygen atoms in total. The summed E-state index contributed by atoms with van der Waals surface area (Å²) in [5, 5.41) is 23.3. The van der Waals surface area contributed by atoms with Gasteiger partial charge in [-0.2, -0.15) is 0 Å². The number of amides is 1. The van der Waals surface area contributed by atoms with E-state index in [-0.39, 0.29) is 28.1 Å². The van der Waals surface area contributed by atoms with Crippen LogP contribution < -0.4 is 5.32 Å². The van der Waals surface area contributed by atoms with Crippen molar-refractivity contribution in [3.8, 4) is 11.4 Å². The number of anilines is 1. The number of nitrogens with one attached hydrogen (secondary N) is 1. The molecule has 0 saturated carbocycles. The maximum atomic E-state index is 12.3. The maximum absolute atomic E-state index is 12.3. The second-order valence-corrected chi connectivity index (χ2v) is 8.26. The van der Waals surface area contributed by atoms with Crippen molar-refractivity contribution in [2.45, 2.75) is 11.7 Å². The molecule has 12 heteroatoms. The van der Waals surface area contributed by atoms with Crippen LogP contribution in [0.5, 0.6) is 0 Å². The minimum absolute atomic E-state index is 0.00702. The van der Waals surface area contributed by atoms with Crippen molar-refractivity contribution in [3.63, 3.8) is 0 Å². The third-order valence-corrected chi connectivity index (χ3v) is 5.99. The molecule has 0 unspecified atom stereocenters. The van der Waals surface area contributed by atoms with E-state index >= 15 is 0 Å². The highest BCUT2D eigenvalue weighted by molar-refractivity contribution is 7.99. The Kier molecular flexibility index (Phi) is 7.55. The molecule has 31 heavy (non-hydrogen) atoms. The minimum Gasteiger partial charge on any atom is -0.325 e. The van der Waals surface area contributed by atoms with Gasteiger partial charge >= 0.3 is 0 Å². The topological polar surface area (TPSA) is 103 Å². The molecule has 0 aliphatic carbocycles. The van der Waals surface area contributed by atoms with Gasteiger partial charge in [0, 0.05) is 23.9 Å². The number of halogens is 3. The quantitative estimate of drug-likeness (QED) is 0.184. The number of thioether (sulfide) groups is 1. The maximum Gasteiger partial charge on any atom is 0.289 e. The molecule has 1 aromatic heterocycles. The number of hydrogen-bond acceptors (Lipinski definition) is 6. The molecule has 0 saturated heterocycles. The molecular formula is C19H14Cl3N5O3S. The SMILES string of the molecule is C=CCn1c(SCC(=O)Nc2ccc(Cl)c([N+](=O)[O-])c2)nnc1-c1ccc(Cl)c(Cl)c1. The van der Waals surface area contributed by atoms with Gasteiger partial charge in [-0.3, -0.25) is 19.5 Å². The van der Waals surface area contributed by atoms with Crippen molar-refractivity contribution in [1.29, 1.82) is 0 Å². The first kappa shape index (κ1) is 23.1. The lowest BCUT2D eigenvalue weighted by atomic mass is 10.2. The molecule has 3 aromatic rings. The number of aromatic nitrogens is 3. The van der Waals surface area contributed by atoms with E-state index in [0.29, 0.717) is 33.1 Å². The first-order chi connectivity index (χ1) is 14.8. The number of nitro groups is 1. The largest absolute Gasteiger partial charge is 0.325 e. The van der Waals surface area contributed by atoms with Gasteiger partial charge in [0.2, 0.25) is 5.91 Å². The fraction of sp³-hybridized carbons (Fsp3) is 0.105. The summed E-state index contributed by atoms with van der Waals surface area (Å²) in [6, 6.07) is 9.16. The number of hydrogen-bond donors (Lipinski definition) is 1. The lowest BCUT2D eigenvalue weighted by Crippen LogP contribution is -2.14. The van der Waals surface area contributed by atoms with Gasteiger partial charge < -0.3 is 5.32 Å². The molecule has 0 atom stereocenters. The van der Waals surface area contributed by atoms with E-state index in [1.807, 2.05) is 0 Å². The molecule has 160 valence electrons. The summed E-state index contributed by atoms with van der Waals surface area (Å²) >= 11 is 19.0. The smallest absolute Gasteiger partial charge is 0.289 e. The van der Waals surface area contributed by atoms with Crippen LogP contribution in [-0.4, -0.2) is 31.3 Å². The second-order valence-electron chi connectivity index (χ2n) is 6.09. The van der Waals surface area contributed by atoms with Crippen molar-refractivity contribution < 1.29 is 9.72 Å². The van der Waals surface area contributed by atoms with Crippen LogP contribution in [0, 0.1) is 10.1 Å². The Morgan fingerprint density at radius 2 is 1.90 bits per heavy atom. The predicted molar refractivity (Wildman–Crippen MR) is 123 cm³/mol. The molecule has 1 heterocycles. The van der Waals surface area contributed by atoms with Crippen LogP contribution in [0.2, 0.25) is 15.1 Å². The van der Waals surface area contributed by atoms with E-state index in [0.717, 1.165) is 11.8 Å². The van der Waals surface area contributed by atoms with Crippen molar-refractivity contribution >= 4 is 63.8 Å². The molecule has 0 spiro atoms. The summed E-state index contributed by atoms with van der Waals surface area (Å²) in [6.45, 7) is 4.16. The average molecular weight is 499 g/mol. The summed E-state index contributed by atoms with van der Waals surface area (Å²) in [7, 11) is 0. The van der Waals surface area contributed by atoms with Gasteiger partial charge in [0.25, 0.3) is 5.69 Å². The normalized spacial score (nSPS) is 10.7. The van der Waals surface area contributed by atoms with Crippen molar-refractivity contribution in [2.75, 3.05) is 11.1 Å². The number of nitrogens with zero attached hydrogens (tertiary/aromatic N) is 4. The molecule has 0 aliphatic rings. The second kappa shape index (κ2) is 10.1. The number of rotatable bonds is 8. The zero-order valence-electron chi connectivity index (χ0n) is 15.7. The Morgan fingerprint density at radius 3 is 2.58 bits per heavy atom. The molecule has 0 bridgehead atoms. The standard InChI is InChI=1S/C19H14Cl3N5O3S/c1-2-7-26-18(11-3-5-13(20)15(22)8-11)24-25-19(26)31-10-17(28)23-12-4-6-14(21)16(9-12)27(29)30/h2-6,8-9H,1,7,10H2,(H,23,28). The summed E-state index contributed by atoms with van der Waals surface area (Å²) in [4.78, 5) is 22.7. The first-order valence-electron chi connectivity index (χ1n) is 8.66. The highest BCUT2D eigenvalue weighted by atomic mass is 35.5. The number of carbonyl (C=O) groups is 1. The van der Waals surface area contributed by atoms with Gasteiger partial charge in [0.15, 0.2) is 11.0 Å². The molecule has 0 aliphatic heterocycles. The van der Waals surface area contributed by atoms with Gasteiger partial charge in [-0.1, -0.05) is 52.6 Å². The molecule has 1 amide bonds. The molecule has 1 N–H and O–H groups in total. The van der Waals surface area contributed by atoms with Crippen molar-refractivity contribution in [3.05, 3.63) is 74.2 Å². The lowest BCUT2D eigenvalue weighted by molar-refractivity contribution is -0.384. The van der Waals surface area contributed by atoms with E-state index < -0.39 is 4.92 Å². The molecular weight excluding hydrogens is 485 g/mol. The van der Waals surface area contributed by atoms with E-state index in [1.54, 1.807) is 28.8 Å². The molecule has 0 radical (unpaired) electrons. The summed E-state index contributed by atoms with van der Waals surface area (Å²) in [6.07, 6.45) is 1.68. The zero-order chi connectivity index (χ0) is 22.5. The van der Waals surface area contributed by atoms with E-state index in [1.165, 1.54) is 18.2 Å². The minimum atomic E-state index is -0.616. The van der Waals surface area contributed by atoms with Gasteiger partial charge in [0.05, 0.1) is 20.7 Å². The lowest BCUT2D eigenvalue weighted by Gasteiger charge is -2.09. The third-order valence-electron chi connectivity index (χ3n) is 3.97. The monoisotopic (exact) mass is 497 g/mol. The van der Waals surface area contributed by atoms with E-state index in [2.05, 4.69) is 22.1 Å². The highest BCUT2D eigenvalue weighted by Gasteiger charge is 2.17. The number of benzene rings is 2. The highest BCUT2D eigenvalue weighted by Crippen LogP contribution is 2.30. The van der Waals surface area contributed by atoms with E-state index in [4.69, 9.17) is 34.8 Å². The first-order valence-corrected chi connectivity index (χ1v) is 10.8. The van der Waals surface area contributed by atoms with E-state index in [9.17, 15) is 14.9 Å². The van der Waals surface area contributed by atoms with Crippen LogP contribution in [-0.2, 0) is 11.3 Å². The number of nitro benzene ring substituents is 1. The Hall–Kier alpha value is -2.59. The Bertz CT molecular complexity index is 1170. The molecule has 3 rings (SSSR count). The summed E-state index contributed by atoms with van der Waals surface area (Å²) < 4.78 is 1.79. The van der Waals surface area contributed by atoms with Gasteiger partial charge in [-0.15, -0.1) is 16.8 Å². The van der Waals surface area contributed by atoms with Crippen LogP contribution in [0.4, 0.5) is 11.4 Å². The van der Waals surface area contributed by atoms with Crippen LogP contribution in [0.1, 0.15) is 0 Å². The van der Waals surface area contributed by atoms with Crippen LogP contribution in [0.25, 0.3) is 11.4 Å². The Morgan fingerprint density at radius 1 is 1.16 bits per heavy atom. The average Bonchev–Trinajstić information content (AvgIpc) is 3.12. The predicted octanol–water partition coefficient (Wildman–Crippen LogP) is 5.73. The van der Waals surface area contributed by atoms with Gasteiger partial charge in [0.1, 0.15) is 5.02 Å². The van der Waals surface area contributed by atoms with Crippen molar-refractivity contribution in [2.24, 2.45) is 0 Å². The third kappa shape index (κ3) is 5.56. The van der Waals surface area contributed by atoms with Crippen LogP contribution in [0.3, 0.4) is 0 Å². The van der Waals surface area contributed by atoms with Crippen LogP contribution in [0.15, 0.2) is 54.2 Å². The fourth-order valence-electron chi connectivity index (χ4n) is 2.60. The summed E-state index contributed by atoms with van der Waals surface area (Å²) in [5.41, 5.74) is 0.698. The molecule has 0 fully saturated rings. The van der Waals surface area contributed by atoms with Crippen LogP contribution >= 0.6 is 46.6 Å². The number of allylic oxidation sites excluding steroid dienone is 1. The Labute approximate surface area is 196 Å². The van der Waals surface area contributed by atoms with Crippen molar-refractivity contribution in [1.82, 2.24) is 14.8 Å². The zero-order valence-corrected chi connectivity index (χ0v) is 18.8. The van der Waals surface area contributed by atoms with Gasteiger partial charge in [-0.05, 0) is 30.3 Å². The summed E-state index contributed by atoms with van der Waals surface area (Å²) in [5.74, 6) is 0.188. The van der Waals surface area contributed by atoms with Gasteiger partial charge in [-0.25, -0.2) is 0 Å². The number of carbonyl (C=O) groups excluding carboxylic acids is 1. The Balaban J connectivity index is 1.74. The molecule has 2 aromatic carbocycles.